The Morgan fingerprint density at radius 3 is 2.24 bits per heavy atom. The molecule has 0 N–H and O–H groups in total. The number of hydrogen-bond acceptors (Lipinski definition) is 7. The van der Waals surface area contributed by atoms with E-state index in [-0.39, 0.29) is 17.3 Å². The van der Waals surface area contributed by atoms with Gasteiger partial charge in [-0.2, -0.15) is 0 Å². The number of carbonyl (C=O) groups excluding carboxylic acids is 3. The summed E-state index contributed by atoms with van der Waals surface area (Å²) in [5.41, 5.74) is 2.34. The van der Waals surface area contributed by atoms with Crippen molar-refractivity contribution in [2.75, 3.05) is 19.1 Å². The molecule has 8 rings (SSSR count). The lowest BCUT2D eigenvalue weighted by Crippen LogP contribution is -2.48. The maximum Gasteiger partial charge on any atom is 0.185 e. The van der Waals surface area contributed by atoms with Gasteiger partial charge >= 0.3 is 0 Å². The van der Waals surface area contributed by atoms with E-state index in [0.717, 1.165) is 16.6 Å². The number of para-hydroxylation sites is 1. The molecular weight excluding hydrogens is 564 g/mol. The molecule has 3 heterocycles. The zero-order valence-electron chi connectivity index (χ0n) is 24.6. The van der Waals surface area contributed by atoms with Crippen LogP contribution >= 0.6 is 0 Å². The standard InChI is InChI=1S/C38H28N2O5/c1-44-28-16-8-15-27(35(28)45-2)30-33(34(41)24-10-4-3-5-11-24)40-29(38(30)36(42)25-13-6-7-14-26(25)37(38)43)20-19-23-18-17-22-12-9-21-39-31(22)32(23)40/h3-21,29-30,33H,1-2H3/t29-,30-,33+/m0/s1. The topological polar surface area (TPSA) is 85.8 Å². The molecule has 1 aliphatic carbocycles. The maximum absolute atomic E-state index is 15.0. The summed E-state index contributed by atoms with van der Waals surface area (Å²) in [6.07, 6.45) is 5.59. The summed E-state index contributed by atoms with van der Waals surface area (Å²) in [7, 11) is 3.07. The molecule has 0 unspecified atom stereocenters. The van der Waals surface area contributed by atoms with Crippen molar-refractivity contribution in [2.45, 2.75) is 18.0 Å². The van der Waals surface area contributed by atoms with Crippen LogP contribution in [0.1, 0.15) is 48.1 Å². The third-order valence-corrected chi connectivity index (χ3v) is 9.63. The second kappa shape index (κ2) is 9.99. The normalized spacial score (nSPS) is 20.7. The van der Waals surface area contributed by atoms with Crippen LogP contribution in [0.15, 0.2) is 109 Å². The van der Waals surface area contributed by atoms with Crippen LogP contribution in [0.2, 0.25) is 0 Å². The fourth-order valence-corrected chi connectivity index (χ4v) is 7.86. The summed E-state index contributed by atoms with van der Waals surface area (Å²) in [4.78, 5) is 51.8. The summed E-state index contributed by atoms with van der Waals surface area (Å²) in [6.45, 7) is 0. The first kappa shape index (κ1) is 27.0. The van der Waals surface area contributed by atoms with Gasteiger partial charge in [0.2, 0.25) is 0 Å². The fourth-order valence-electron chi connectivity index (χ4n) is 7.86. The number of fused-ring (bicyclic) bond motifs is 7. The Labute approximate surface area is 259 Å². The summed E-state index contributed by atoms with van der Waals surface area (Å²) in [5.74, 6) is -0.943. The van der Waals surface area contributed by atoms with Crippen LogP contribution in [0, 0.1) is 5.41 Å². The molecule has 2 aliphatic heterocycles. The summed E-state index contributed by atoms with van der Waals surface area (Å²) < 4.78 is 11.6. The van der Waals surface area contributed by atoms with Crippen molar-refractivity contribution in [3.8, 4) is 11.5 Å². The van der Waals surface area contributed by atoms with Crippen LogP contribution in [-0.2, 0) is 0 Å². The Kier molecular flexibility index (Phi) is 6.00. The number of Topliss-reactive ketones (excluding diaryl/α,β-unsaturated/α-hetero) is 3. The van der Waals surface area contributed by atoms with Crippen LogP contribution in [0.5, 0.6) is 11.5 Å². The van der Waals surface area contributed by atoms with Crippen LogP contribution < -0.4 is 14.4 Å². The van der Waals surface area contributed by atoms with Crippen molar-refractivity contribution in [1.82, 2.24) is 4.98 Å². The molecule has 1 aromatic heterocycles. The first-order valence-corrected chi connectivity index (χ1v) is 14.9. The molecule has 7 heteroatoms. The minimum atomic E-state index is -1.68. The fraction of sp³-hybridized carbons (Fsp3) is 0.158. The number of pyridine rings is 1. The van der Waals surface area contributed by atoms with Crippen molar-refractivity contribution < 1.29 is 23.9 Å². The highest BCUT2D eigenvalue weighted by Gasteiger charge is 2.72. The number of methoxy groups -OCH3 is 2. The number of ketones is 3. The molecule has 45 heavy (non-hydrogen) atoms. The lowest BCUT2D eigenvalue weighted by molar-refractivity contribution is 0.0664. The van der Waals surface area contributed by atoms with Crippen LogP contribution in [0.3, 0.4) is 0 Å². The molecule has 5 aromatic rings. The van der Waals surface area contributed by atoms with Gasteiger partial charge in [0.15, 0.2) is 28.8 Å². The Balaban J connectivity index is 1.51. The number of benzene rings is 4. The molecule has 7 nitrogen and oxygen atoms in total. The number of carbonyl (C=O) groups is 3. The maximum atomic E-state index is 15.0. The van der Waals surface area contributed by atoms with Crippen molar-refractivity contribution >= 4 is 40.0 Å². The first-order chi connectivity index (χ1) is 22.0. The number of anilines is 1. The van der Waals surface area contributed by atoms with E-state index in [4.69, 9.17) is 14.5 Å². The average molecular weight is 593 g/mol. The molecule has 220 valence electrons. The van der Waals surface area contributed by atoms with Crippen LogP contribution in [0.4, 0.5) is 5.69 Å². The zero-order chi connectivity index (χ0) is 30.9. The number of ether oxygens (including phenoxy) is 2. The number of nitrogens with zero attached hydrogens (tertiary/aromatic N) is 2. The quantitative estimate of drug-likeness (QED) is 0.169. The number of hydrogen-bond donors (Lipinski definition) is 0. The average Bonchev–Trinajstić information content (AvgIpc) is 3.53. The third-order valence-electron chi connectivity index (χ3n) is 9.63. The Bertz CT molecular complexity index is 2050. The largest absolute Gasteiger partial charge is 0.493 e. The highest BCUT2D eigenvalue weighted by Crippen LogP contribution is 2.63. The minimum absolute atomic E-state index is 0.210. The predicted molar refractivity (Wildman–Crippen MR) is 171 cm³/mol. The highest BCUT2D eigenvalue weighted by atomic mass is 16.5. The highest BCUT2D eigenvalue weighted by molar-refractivity contribution is 6.32. The molecule has 3 atom stereocenters. The molecule has 3 aliphatic rings. The van der Waals surface area contributed by atoms with E-state index in [9.17, 15) is 0 Å². The molecule has 1 spiro atoms. The molecule has 0 radical (unpaired) electrons. The second-order valence-electron chi connectivity index (χ2n) is 11.6. The van der Waals surface area contributed by atoms with Gasteiger partial charge in [-0.25, -0.2) is 0 Å². The van der Waals surface area contributed by atoms with E-state index in [1.165, 1.54) is 7.11 Å². The lowest BCUT2D eigenvalue weighted by Gasteiger charge is -2.37. The molecule has 1 saturated heterocycles. The van der Waals surface area contributed by atoms with E-state index in [1.54, 1.807) is 55.8 Å². The van der Waals surface area contributed by atoms with Gasteiger partial charge in [0.25, 0.3) is 0 Å². The van der Waals surface area contributed by atoms with E-state index in [0.29, 0.717) is 39.3 Å². The molecule has 0 saturated carbocycles. The van der Waals surface area contributed by atoms with Crippen LogP contribution in [0.25, 0.3) is 17.0 Å². The monoisotopic (exact) mass is 592 g/mol. The van der Waals surface area contributed by atoms with Gasteiger partial charge in [0.05, 0.1) is 31.5 Å². The summed E-state index contributed by atoms with van der Waals surface area (Å²) in [5, 5.41) is 0.889. The number of rotatable bonds is 5. The minimum Gasteiger partial charge on any atom is -0.493 e. The molecule has 0 bridgehead atoms. The van der Waals surface area contributed by atoms with E-state index >= 15 is 14.4 Å². The van der Waals surface area contributed by atoms with Gasteiger partial charge in [0.1, 0.15) is 11.5 Å². The van der Waals surface area contributed by atoms with Crippen molar-refractivity contribution in [3.05, 3.63) is 137 Å². The smallest absolute Gasteiger partial charge is 0.185 e. The zero-order valence-corrected chi connectivity index (χ0v) is 24.6. The molecule has 4 aromatic carbocycles. The Morgan fingerprint density at radius 2 is 1.53 bits per heavy atom. The number of aromatic nitrogens is 1. The summed E-state index contributed by atoms with van der Waals surface area (Å²) >= 11 is 0. The molecule has 1 fully saturated rings. The molecular formula is C38H28N2O5. The van der Waals surface area contributed by atoms with Gasteiger partial charge in [-0.05, 0) is 17.7 Å². The van der Waals surface area contributed by atoms with Gasteiger partial charge in [-0.1, -0.05) is 97.1 Å². The lowest BCUT2D eigenvalue weighted by atomic mass is 9.64. The van der Waals surface area contributed by atoms with Crippen molar-refractivity contribution in [2.24, 2.45) is 5.41 Å². The Hall–Kier alpha value is -5.56. The second-order valence-corrected chi connectivity index (χ2v) is 11.6. The molecule has 0 amide bonds. The van der Waals surface area contributed by atoms with Gasteiger partial charge in [-0.15, -0.1) is 0 Å². The SMILES string of the molecule is COc1cccc([C@H]2[C@H](C(=O)c3ccccc3)N3c4c(ccc5cccnc45)C=C[C@H]3C23C(=O)c2ccccc2C3=O)c1OC. The van der Waals surface area contributed by atoms with Crippen molar-refractivity contribution in [1.29, 1.82) is 0 Å². The van der Waals surface area contributed by atoms with Crippen LogP contribution in [-0.4, -0.2) is 48.6 Å². The van der Waals surface area contributed by atoms with E-state index in [1.807, 2.05) is 71.6 Å². The predicted octanol–water partition coefficient (Wildman–Crippen LogP) is 6.57. The van der Waals surface area contributed by atoms with Gasteiger partial charge in [-0.3, -0.25) is 19.4 Å². The Morgan fingerprint density at radius 1 is 0.800 bits per heavy atom. The third kappa shape index (κ3) is 3.52. The van der Waals surface area contributed by atoms with E-state index < -0.39 is 23.4 Å². The summed E-state index contributed by atoms with van der Waals surface area (Å²) in [6, 6.07) is 27.5. The van der Waals surface area contributed by atoms with E-state index in [2.05, 4.69) is 0 Å². The van der Waals surface area contributed by atoms with Crippen molar-refractivity contribution in [3.63, 3.8) is 0 Å². The van der Waals surface area contributed by atoms with Gasteiger partial charge < -0.3 is 14.4 Å². The van der Waals surface area contributed by atoms with Gasteiger partial charge in [0, 0.05) is 39.8 Å². The first-order valence-electron chi connectivity index (χ1n) is 14.9.